The van der Waals surface area contributed by atoms with Crippen LogP contribution in [0.2, 0.25) is 0 Å². The van der Waals surface area contributed by atoms with Crippen molar-refractivity contribution in [3.05, 3.63) is 200 Å². The van der Waals surface area contributed by atoms with Crippen LogP contribution in [0.1, 0.15) is 0 Å². The summed E-state index contributed by atoms with van der Waals surface area (Å²) in [5.74, 6) is 0. The lowest BCUT2D eigenvalue weighted by molar-refractivity contribution is 0.672. The van der Waals surface area contributed by atoms with Crippen LogP contribution < -0.4 is 4.90 Å². The van der Waals surface area contributed by atoms with Crippen LogP contribution in [0.5, 0.6) is 0 Å². The molecule has 2 heteroatoms. The molecular weight excluding hydrogens is 631 g/mol. The lowest BCUT2D eigenvalue weighted by atomic mass is 9.93. The number of anilines is 3. The van der Waals surface area contributed by atoms with Gasteiger partial charge in [-0.1, -0.05) is 158 Å². The molecule has 0 spiro atoms. The zero-order chi connectivity index (χ0) is 34.4. The van der Waals surface area contributed by atoms with E-state index in [1.54, 1.807) is 0 Å². The Morgan fingerprint density at radius 3 is 1.67 bits per heavy atom. The maximum absolute atomic E-state index is 6.48. The second-order valence-electron chi connectivity index (χ2n) is 13.3. The van der Waals surface area contributed by atoms with Crippen molar-refractivity contribution in [1.29, 1.82) is 0 Å². The average Bonchev–Trinajstić information content (AvgIpc) is 3.60. The fourth-order valence-corrected chi connectivity index (χ4v) is 7.79. The molecule has 1 heterocycles. The molecule has 2 nitrogen and oxygen atoms in total. The Morgan fingerprint density at radius 1 is 0.327 bits per heavy atom. The minimum Gasteiger partial charge on any atom is -0.455 e. The van der Waals surface area contributed by atoms with Crippen LogP contribution >= 0.6 is 0 Å². The first-order valence-electron chi connectivity index (χ1n) is 17.8. The van der Waals surface area contributed by atoms with Gasteiger partial charge >= 0.3 is 0 Å². The molecule has 0 aliphatic rings. The summed E-state index contributed by atoms with van der Waals surface area (Å²) < 4.78 is 6.48. The van der Waals surface area contributed by atoms with Crippen LogP contribution in [-0.2, 0) is 0 Å². The Kier molecular flexibility index (Phi) is 7.18. The van der Waals surface area contributed by atoms with Gasteiger partial charge in [-0.25, -0.2) is 0 Å². The number of furan rings is 1. The lowest BCUT2D eigenvalue weighted by Gasteiger charge is -2.28. The first-order chi connectivity index (χ1) is 25.8. The molecule has 9 aromatic carbocycles. The Bertz CT molecular complexity index is 2880. The van der Waals surface area contributed by atoms with Crippen molar-refractivity contribution in [3.63, 3.8) is 0 Å². The third-order valence-electron chi connectivity index (χ3n) is 10.3. The Labute approximate surface area is 302 Å². The van der Waals surface area contributed by atoms with Crippen molar-refractivity contribution >= 4 is 60.5 Å². The summed E-state index contributed by atoms with van der Waals surface area (Å²) >= 11 is 0. The van der Waals surface area contributed by atoms with Gasteiger partial charge in [0.25, 0.3) is 0 Å². The Balaban J connectivity index is 1.18. The van der Waals surface area contributed by atoms with Crippen molar-refractivity contribution in [2.45, 2.75) is 0 Å². The van der Waals surface area contributed by atoms with Crippen molar-refractivity contribution < 1.29 is 4.42 Å². The Morgan fingerprint density at radius 2 is 0.885 bits per heavy atom. The van der Waals surface area contributed by atoms with Crippen LogP contribution in [0.4, 0.5) is 17.1 Å². The largest absolute Gasteiger partial charge is 0.455 e. The van der Waals surface area contributed by atoms with Gasteiger partial charge in [-0.3, -0.25) is 0 Å². The molecule has 10 aromatic rings. The van der Waals surface area contributed by atoms with Gasteiger partial charge in [0.1, 0.15) is 11.2 Å². The highest BCUT2D eigenvalue weighted by molar-refractivity contribution is 6.19. The molecule has 0 fully saturated rings. The summed E-state index contributed by atoms with van der Waals surface area (Å²) in [4.78, 5) is 2.39. The first-order valence-corrected chi connectivity index (χ1v) is 17.8. The summed E-state index contributed by atoms with van der Waals surface area (Å²) in [6, 6.07) is 71.7. The van der Waals surface area contributed by atoms with E-state index in [0.29, 0.717) is 0 Å². The number of fused-ring (bicyclic) bond motifs is 6. The molecule has 0 aliphatic heterocycles. The minimum atomic E-state index is 0.902. The Hall–Kier alpha value is -6.90. The third-order valence-corrected chi connectivity index (χ3v) is 10.3. The fraction of sp³-hybridized carbons (Fsp3) is 0. The molecule has 0 atom stereocenters. The van der Waals surface area contributed by atoms with Gasteiger partial charge in [0, 0.05) is 33.1 Å². The van der Waals surface area contributed by atoms with Crippen molar-refractivity contribution in [2.75, 3.05) is 4.90 Å². The van der Waals surface area contributed by atoms with E-state index in [0.717, 1.165) is 55.3 Å². The van der Waals surface area contributed by atoms with Crippen LogP contribution in [0.25, 0.3) is 76.9 Å². The number of rotatable bonds is 6. The van der Waals surface area contributed by atoms with Crippen LogP contribution in [0, 0.1) is 0 Å². The predicted molar refractivity (Wildman–Crippen MR) is 220 cm³/mol. The topological polar surface area (TPSA) is 16.4 Å². The second kappa shape index (κ2) is 12.5. The molecule has 52 heavy (non-hydrogen) atoms. The van der Waals surface area contributed by atoms with E-state index < -0.39 is 0 Å². The summed E-state index contributed by atoms with van der Waals surface area (Å²) in [5.41, 5.74) is 12.2. The highest BCUT2D eigenvalue weighted by Crippen LogP contribution is 2.46. The van der Waals surface area contributed by atoms with E-state index in [1.165, 1.54) is 38.6 Å². The summed E-state index contributed by atoms with van der Waals surface area (Å²) in [5, 5.41) is 7.02. The van der Waals surface area contributed by atoms with Gasteiger partial charge in [0.2, 0.25) is 0 Å². The predicted octanol–water partition coefficient (Wildman–Crippen LogP) is 14.4. The molecule has 0 saturated heterocycles. The third kappa shape index (κ3) is 5.04. The highest BCUT2D eigenvalue weighted by Gasteiger charge is 2.21. The van der Waals surface area contributed by atoms with Gasteiger partial charge in [0.15, 0.2) is 0 Å². The smallest absolute Gasteiger partial charge is 0.143 e. The van der Waals surface area contributed by atoms with E-state index in [1.807, 2.05) is 6.07 Å². The lowest BCUT2D eigenvalue weighted by Crippen LogP contribution is -2.11. The van der Waals surface area contributed by atoms with E-state index in [4.69, 9.17) is 4.42 Å². The van der Waals surface area contributed by atoms with E-state index in [2.05, 4.69) is 199 Å². The standard InChI is InChI=1S/C50H33NO/c1-2-13-34(14-3-1)35-25-29-38(30-26-35)51(39-31-27-37(28-32-39)41-22-12-16-36-15-4-5-17-40(36)41)48-23-10-8-19-43(48)46-33-47-44-20-9-11-24-49(44)52-50(47)45-21-7-6-18-42(45)46/h1-33H. The molecule has 0 unspecified atom stereocenters. The number of benzene rings is 9. The molecular formula is C50H33NO. The minimum absolute atomic E-state index is 0.902. The first kappa shape index (κ1) is 30.0. The van der Waals surface area contributed by atoms with Crippen molar-refractivity contribution in [2.24, 2.45) is 0 Å². The number of hydrogen-bond donors (Lipinski definition) is 0. The SMILES string of the molecule is c1ccc(-c2ccc(N(c3ccc(-c4cccc5ccccc45)cc3)c3ccccc3-c3cc4c5ccccc5oc4c4ccccc34)cc2)cc1. The summed E-state index contributed by atoms with van der Waals surface area (Å²) in [6.07, 6.45) is 0. The van der Waals surface area contributed by atoms with E-state index in [-0.39, 0.29) is 0 Å². The van der Waals surface area contributed by atoms with Crippen LogP contribution in [0.3, 0.4) is 0 Å². The number of nitrogens with zero attached hydrogens (tertiary/aromatic N) is 1. The zero-order valence-electron chi connectivity index (χ0n) is 28.4. The second-order valence-corrected chi connectivity index (χ2v) is 13.3. The van der Waals surface area contributed by atoms with E-state index >= 15 is 0 Å². The molecule has 0 saturated carbocycles. The highest BCUT2D eigenvalue weighted by atomic mass is 16.3. The zero-order valence-corrected chi connectivity index (χ0v) is 28.4. The number of para-hydroxylation sites is 2. The number of hydrogen-bond acceptors (Lipinski definition) is 2. The maximum atomic E-state index is 6.48. The van der Waals surface area contributed by atoms with Gasteiger partial charge in [0.05, 0.1) is 5.69 Å². The quantitative estimate of drug-likeness (QED) is 0.176. The molecule has 0 bridgehead atoms. The normalized spacial score (nSPS) is 11.5. The summed E-state index contributed by atoms with van der Waals surface area (Å²) in [6.45, 7) is 0. The maximum Gasteiger partial charge on any atom is 0.143 e. The molecule has 244 valence electrons. The van der Waals surface area contributed by atoms with Crippen molar-refractivity contribution in [3.8, 4) is 33.4 Å². The summed E-state index contributed by atoms with van der Waals surface area (Å²) in [7, 11) is 0. The molecule has 0 radical (unpaired) electrons. The van der Waals surface area contributed by atoms with Gasteiger partial charge < -0.3 is 9.32 Å². The van der Waals surface area contributed by atoms with Gasteiger partial charge in [-0.05, 0) is 86.4 Å². The van der Waals surface area contributed by atoms with Crippen LogP contribution in [-0.4, -0.2) is 0 Å². The van der Waals surface area contributed by atoms with Gasteiger partial charge in [-0.2, -0.15) is 0 Å². The fourth-order valence-electron chi connectivity index (χ4n) is 7.79. The average molecular weight is 664 g/mol. The monoisotopic (exact) mass is 663 g/mol. The van der Waals surface area contributed by atoms with Crippen molar-refractivity contribution in [1.82, 2.24) is 0 Å². The molecule has 10 rings (SSSR count). The molecule has 0 aliphatic carbocycles. The molecule has 0 N–H and O–H groups in total. The van der Waals surface area contributed by atoms with Gasteiger partial charge in [-0.15, -0.1) is 0 Å². The molecule has 0 amide bonds. The molecule has 1 aromatic heterocycles. The van der Waals surface area contributed by atoms with Crippen LogP contribution in [0.15, 0.2) is 205 Å². The van der Waals surface area contributed by atoms with E-state index in [9.17, 15) is 0 Å².